The molecule has 1 aromatic rings. The van der Waals surface area contributed by atoms with Gasteiger partial charge in [0.15, 0.2) is 0 Å². The number of hydrogen-bond acceptors (Lipinski definition) is 2. The molecule has 2 N–H and O–H groups in total. The number of carbonyl (C=O) groups is 1. The number of rotatable bonds is 4. The minimum atomic E-state index is -0.224. The van der Waals surface area contributed by atoms with E-state index in [1.807, 2.05) is 0 Å². The lowest BCUT2D eigenvalue weighted by Crippen LogP contribution is -2.37. The highest BCUT2D eigenvalue weighted by atomic mass is 19.1. The largest absolute Gasteiger partial charge is 0.354 e. The highest BCUT2D eigenvalue weighted by molar-refractivity contribution is 5.82. The summed E-state index contributed by atoms with van der Waals surface area (Å²) in [5.74, 6) is 0.268. The molecule has 1 saturated carbocycles. The van der Waals surface area contributed by atoms with Gasteiger partial charge in [-0.1, -0.05) is 12.1 Å². The highest BCUT2D eigenvalue weighted by Gasteiger charge is 2.43. The smallest absolute Gasteiger partial charge is 0.223 e. The summed E-state index contributed by atoms with van der Waals surface area (Å²) < 4.78 is 12.8. The molecule has 1 aliphatic carbocycles. The lowest BCUT2D eigenvalue weighted by molar-refractivity contribution is -0.122. The summed E-state index contributed by atoms with van der Waals surface area (Å²) in [7, 11) is 0. The van der Waals surface area contributed by atoms with Crippen molar-refractivity contribution >= 4 is 5.91 Å². The summed E-state index contributed by atoms with van der Waals surface area (Å²) in [5, 5.41) is 6.39. The van der Waals surface area contributed by atoms with Gasteiger partial charge < -0.3 is 10.6 Å². The summed E-state index contributed by atoms with van der Waals surface area (Å²) >= 11 is 0. The van der Waals surface area contributed by atoms with Gasteiger partial charge in [0.2, 0.25) is 5.91 Å². The first-order chi connectivity index (χ1) is 9.24. The van der Waals surface area contributed by atoms with Crippen LogP contribution in [-0.4, -0.2) is 25.0 Å². The molecule has 2 fully saturated rings. The van der Waals surface area contributed by atoms with Gasteiger partial charge in [0.1, 0.15) is 5.82 Å². The number of hydrogen-bond donors (Lipinski definition) is 2. The Hall–Kier alpha value is -1.42. The minimum Gasteiger partial charge on any atom is -0.354 e. The summed E-state index contributed by atoms with van der Waals surface area (Å²) in [4.78, 5) is 12.0. The molecular formula is C15H19FN2O. The zero-order valence-electron chi connectivity index (χ0n) is 10.9. The Labute approximate surface area is 112 Å². The highest BCUT2D eigenvalue weighted by Crippen LogP contribution is 2.47. The van der Waals surface area contributed by atoms with Crippen LogP contribution in [0.1, 0.15) is 30.7 Å². The molecule has 1 amide bonds. The first-order valence-corrected chi connectivity index (χ1v) is 7.00. The van der Waals surface area contributed by atoms with E-state index in [0.717, 1.165) is 31.5 Å². The molecule has 0 radical (unpaired) electrons. The van der Waals surface area contributed by atoms with Crippen LogP contribution in [0.5, 0.6) is 0 Å². The van der Waals surface area contributed by atoms with Crippen molar-refractivity contribution in [3.8, 4) is 0 Å². The summed E-state index contributed by atoms with van der Waals surface area (Å²) in [6, 6.07) is 6.93. The monoisotopic (exact) mass is 262 g/mol. The average Bonchev–Trinajstić information content (AvgIpc) is 3.05. The molecule has 0 aromatic heterocycles. The summed E-state index contributed by atoms with van der Waals surface area (Å²) in [6.07, 6.45) is 3.23. The molecule has 102 valence electrons. The third kappa shape index (κ3) is 2.95. The van der Waals surface area contributed by atoms with Crippen LogP contribution < -0.4 is 10.6 Å². The van der Waals surface area contributed by atoms with Gasteiger partial charge in [0.05, 0.1) is 0 Å². The van der Waals surface area contributed by atoms with Crippen LogP contribution in [0.4, 0.5) is 4.39 Å². The first-order valence-electron chi connectivity index (χ1n) is 7.00. The van der Waals surface area contributed by atoms with Gasteiger partial charge in [0, 0.05) is 18.5 Å². The minimum absolute atomic E-state index is 0.0758. The first kappa shape index (κ1) is 12.6. The van der Waals surface area contributed by atoms with Gasteiger partial charge in [-0.2, -0.15) is 0 Å². The number of halogens is 1. The van der Waals surface area contributed by atoms with Crippen molar-refractivity contribution in [2.45, 2.75) is 31.2 Å². The molecule has 3 rings (SSSR count). The van der Waals surface area contributed by atoms with Crippen molar-refractivity contribution in [3.63, 3.8) is 0 Å². The fraction of sp³-hybridized carbons (Fsp3) is 0.533. The molecule has 1 heterocycles. The van der Waals surface area contributed by atoms with Gasteiger partial charge in [-0.3, -0.25) is 4.79 Å². The maximum absolute atomic E-state index is 12.8. The van der Waals surface area contributed by atoms with E-state index in [9.17, 15) is 9.18 Å². The predicted octanol–water partition coefficient (Wildman–Crippen LogP) is 1.80. The van der Waals surface area contributed by atoms with Gasteiger partial charge >= 0.3 is 0 Å². The van der Waals surface area contributed by atoms with Crippen LogP contribution in [0, 0.1) is 11.7 Å². The van der Waals surface area contributed by atoms with Gasteiger partial charge in [0.25, 0.3) is 0 Å². The summed E-state index contributed by atoms with van der Waals surface area (Å²) in [5.41, 5.74) is 1.07. The second-order valence-electron chi connectivity index (χ2n) is 5.54. The lowest BCUT2D eigenvalue weighted by Gasteiger charge is -2.11. The number of carbonyl (C=O) groups excluding carboxylic acids is 1. The van der Waals surface area contributed by atoms with Crippen molar-refractivity contribution in [3.05, 3.63) is 35.6 Å². The van der Waals surface area contributed by atoms with E-state index in [1.54, 1.807) is 12.1 Å². The van der Waals surface area contributed by atoms with E-state index < -0.39 is 0 Å². The molecule has 2 aliphatic rings. The Morgan fingerprint density at radius 2 is 2.16 bits per heavy atom. The SMILES string of the molecule is O=C(NCC1CCCN1)C1CC1c1ccc(F)cc1. The Kier molecular flexibility index (Phi) is 3.51. The molecule has 4 heteroatoms. The maximum Gasteiger partial charge on any atom is 0.223 e. The third-order valence-corrected chi connectivity index (χ3v) is 4.11. The van der Waals surface area contributed by atoms with Crippen molar-refractivity contribution in [2.24, 2.45) is 5.92 Å². The second-order valence-corrected chi connectivity index (χ2v) is 5.54. The molecule has 3 atom stereocenters. The number of amides is 1. The predicted molar refractivity (Wildman–Crippen MR) is 71.3 cm³/mol. The third-order valence-electron chi connectivity index (χ3n) is 4.11. The molecule has 3 nitrogen and oxygen atoms in total. The van der Waals surface area contributed by atoms with Crippen molar-refractivity contribution < 1.29 is 9.18 Å². The molecule has 19 heavy (non-hydrogen) atoms. The van der Waals surface area contributed by atoms with E-state index in [1.165, 1.54) is 18.6 Å². The van der Waals surface area contributed by atoms with Crippen LogP contribution in [0.3, 0.4) is 0 Å². The summed E-state index contributed by atoms with van der Waals surface area (Å²) in [6.45, 7) is 1.79. The van der Waals surface area contributed by atoms with Crippen LogP contribution in [0.2, 0.25) is 0 Å². The zero-order valence-corrected chi connectivity index (χ0v) is 10.9. The Balaban J connectivity index is 1.48. The van der Waals surface area contributed by atoms with E-state index >= 15 is 0 Å². The van der Waals surface area contributed by atoms with Crippen molar-refractivity contribution in [2.75, 3.05) is 13.1 Å². The Morgan fingerprint density at radius 3 is 2.84 bits per heavy atom. The molecular weight excluding hydrogens is 243 g/mol. The zero-order chi connectivity index (χ0) is 13.2. The quantitative estimate of drug-likeness (QED) is 0.868. The fourth-order valence-electron chi connectivity index (χ4n) is 2.85. The van der Waals surface area contributed by atoms with Crippen molar-refractivity contribution in [1.29, 1.82) is 0 Å². The number of benzene rings is 1. The van der Waals surface area contributed by atoms with Crippen LogP contribution in [0.25, 0.3) is 0 Å². The lowest BCUT2D eigenvalue weighted by atomic mass is 10.1. The van der Waals surface area contributed by atoms with E-state index in [2.05, 4.69) is 10.6 Å². The topological polar surface area (TPSA) is 41.1 Å². The molecule has 3 unspecified atom stereocenters. The van der Waals surface area contributed by atoms with Crippen LogP contribution in [-0.2, 0) is 4.79 Å². The fourth-order valence-corrected chi connectivity index (χ4v) is 2.85. The van der Waals surface area contributed by atoms with Gasteiger partial charge in [-0.05, 0) is 49.4 Å². The van der Waals surface area contributed by atoms with E-state index in [0.29, 0.717) is 6.04 Å². The van der Waals surface area contributed by atoms with Crippen LogP contribution >= 0.6 is 0 Å². The van der Waals surface area contributed by atoms with Gasteiger partial charge in [-0.15, -0.1) is 0 Å². The average molecular weight is 262 g/mol. The van der Waals surface area contributed by atoms with E-state index in [-0.39, 0.29) is 23.6 Å². The maximum atomic E-state index is 12.8. The molecule has 1 aromatic carbocycles. The van der Waals surface area contributed by atoms with Crippen molar-refractivity contribution in [1.82, 2.24) is 10.6 Å². The molecule has 1 aliphatic heterocycles. The van der Waals surface area contributed by atoms with E-state index in [4.69, 9.17) is 0 Å². The normalized spacial score (nSPS) is 29.2. The molecule has 1 saturated heterocycles. The molecule has 0 bridgehead atoms. The molecule has 0 spiro atoms. The number of nitrogens with one attached hydrogen (secondary N) is 2. The Morgan fingerprint density at radius 1 is 1.37 bits per heavy atom. The second kappa shape index (κ2) is 5.29. The Bertz CT molecular complexity index is 454. The standard InChI is InChI=1S/C15H19FN2O/c16-11-5-3-10(4-6-11)13-8-14(13)15(19)18-9-12-2-1-7-17-12/h3-6,12-14,17H,1-2,7-9H2,(H,18,19). The van der Waals surface area contributed by atoms with Crippen LogP contribution in [0.15, 0.2) is 24.3 Å². The van der Waals surface area contributed by atoms with Gasteiger partial charge in [-0.25, -0.2) is 4.39 Å².